The summed E-state index contributed by atoms with van der Waals surface area (Å²) < 4.78 is 2.05. The molecule has 1 aliphatic rings. The summed E-state index contributed by atoms with van der Waals surface area (Å²) in [7, 11) is 0. The minimum Gasteiger partial charge on any atom is -0.307 e. The van der Waals surface area contributed by atoms with Crippen molar-refractivity contribution in [3.8, 4) is 0 Å². The number of nitrogens with zero attached hydrogens (tertiary/aromatic N) is 3. The van der Waals surface area contributed by atoms with Crippen LogP contribution in [0.25, 0.3) is 0 Å². The lowest BCUT2D eigenvalue weighted by molar-refractivity contribution is 0.358. The maximum atomic E-state index is 4.43. The predicted octanol–water partition coefficient (Wildman–Crippen LogP) is 2.06. The van der Waals surface area contributed by atoms with Crippen LogP contribution in [0, 0.1) is 13.8 Å². The highest BCUT2D eigenvalue weighted by molar-refractivity contribution is 7.11. The van der Waals surface area contributed by atoms with Crippen LogP contribution in [-0.4, -0.2) is 20.8 Å². The molecule has 0 fully saturated rings. The Morgan fingerprint density at radius 3 is 3.11 bits per heavy atom. The average molecular weight is 262 g/mol. The van der Waals surface area contributed by atoms with Crippen molar-refractivity contribution in [2.75, 3.05) is 0 Å². The fourth-order valence-electron chi connectivity index (χ4n) is 2.43. The zero-order chi connectivity index (χ0) is 12.5. The molecule has 1 N–H and O–H groups in total. The molecule has 2 aromatic rings. The third-order valence-electron chi connectivity index (χ3n) is 3.32. The van der Waals surface area contributed by atoms with Crippen molar-refractivity contribution in [1.29, 1.82) is 0 Å². The van der Waals surface area contributed by atoms with Crippen molar-refractivity contribution in [2.45, 2.75) is 45.8 Å². The topological polar surface area (TPSA) is 42.7 Å². The van der Waals surface area contributed by atoms with E-state index in [0.717, 1.165) is 37.6 Å². The fraction of sp³-hybridized carbons (Fsp3) is 0.538. The molecule has 3 heterocycles. The van der Waals surface area contributed by atoms with E-state index < -0.39 is 0 Å². The van der Waals surface area contributed by atoms with Gasteiger partial charge in [0.2, 0.25) is 0 Å². The lowest BCUT2D eigenvalue weighted by Crippen LogP contribution is -2.37. The molecule has 0 radical (unpaired) electrons. The quantitative estimate of drug-likeness (QED) is 0.920. The van der Waals surface area contributed by atoms with Crippen LogP contribution in [0.15, 0.2) is 12.1 Å². The third-order valence-corrected chi connectivity index (χ3v) is 4.33. The molecule has 1 aliphatic heterocycles. The van der Waals surface area contributed by atoms with Gasteiger partial charge < -0.3 is 5.32 Å². The second-order valence-corrected chi connectivity index (χ2v) is 6.26. The number of rotatable bonds is 3. The van der Waals surface area contributed by atoms with E-state index in [1.807, 2.05) is 18.3 Å². The lowest BCUT2D eigenvalue weighted by Gasteiger charge is -2.23. The summed E-state index contributed by atoms with van der Waals surface area (Å²) in [5.74, 6) is 2.03. The normalized spacial score (nSPS) is 18.9. The molecule has 0 unspecified atom stereocenters. The minimum atomic E-state index is 0.515. The second kappa shape index (κ2) is 4.82. The van der Waals surface area contributed by atoms with Crippen LogP contribution < -0.4 is 5.32 Å². The van der Waals surface area contributed by atoms with E-state index in [1.165, 1.54) is 9.75 Å². The third kappa shape index (κ3) is 2.47. The highest BCUT2D eigenvalue weighted by Gasteiger charge is 2.20. The van der Waals surface area contributed by atoms with Gasteiger partial charge >= 0.3 is 0 Å². The van der Waals surface area contributed by atoms with Crippen LogP contribution in [0.5, 0.6) is 0 Å². The Labute approximate surface area is 111 Å². The molecule has 4 nitrogen and oxygen atoms in total. The van der Waals surface area contributed by atoms with Gasteiger partial charge in [-0.2, -0.15) is 5.10 Å². The standard InChI is InChI=1S/C13H18N4S/c1-9-3-5-12(18-9)7-14-11-4-6-13-15-10(2)16-17(13)8-11/h3,5,11,14H,4,6-8H2,1-2H3/t11-/m1/s1. The minimum absolute atomic E-state index is 0.515. The average Bonchev–Trinajstić information content (AvgIpc) is 2.90. The highest BCUT2D eigenvalue weighted by Crippen LogP contribution is 2.17. The second-order valence-electron chi connectivity index (χ2n) is 4.89. The summed E-state index contributed by atoms with van der Waals surface area (Å²) in [4.78, 5) is 7.22. The fourth-order valence-corrected chi connectivity index (χ4v) is 3.27. The molecule has 0 amide bonds. The summed E-state index contributed by atoms with van der Waals surface area (Å²) in [5, 5.41) is 8.05. The molecule has 96 valence electrons. The Morgan fingerprint density at radius 2 is 2.33 bits per heavy atom. The van der Waals surface area contributed by atoms with Gasteiger partial charge in [0.1, 0.15) is 11.6 Å². The first kappa shape index (κ1) is 11.9. The molecule has 0 spiro atoms. The zero-order valence-electron chi connectivity index (χ0n) is 10.8. The van der Waals surface area contributed by atoms with Crippen molar-refractivity contribution in [3.05, 3.63) is 33.5 Å². The smallest absolute Gasteiger partial charge is 0.147 e. The first-order chi connectivity index (χ1) is 8.70. The van der Waals surface area contributed by atoms with Crippen molar-refractivity contribution < 1.29 is 0 Å². The Hall–Kier alpha value is -1.20. The van der Waals surface area contributed by atoms with Crippen LogP contribution in [0.4, 0.5) is 0 Å². The molecular formula is C13H18N4S. The number of nitrogens with one attached hydrogen (secondary N) is 1. The molecule has 0 saturated heterocycles. The SMILES string of the molecule is Cc1nc2n(n1)C[C@H](NCc1ccc(C)s1)CC2. The van der Waals surface area contributed by atoms with Gasteiger partial charge in [0.05, 0.1) is 6.54 Å². The van der Waals surface area contributed by atoms with E-state index in [2.05, 4.69) is 39.1 Å². The molecule has 2 aromatic heterocycles. The number of aromatic nitrogens is 3. The number of hydrogen-bond donors (Lipinski definition) is 1. The van der Waals surface area contributed by atoms with Crippen molar-refractivity contribution in [2.24, 2.45) is 0 Å². The molecule has 0 aliphatic carbocycles. The van der Waals surface area contributed by atoms with Crippen molar-refractivity contribution in [1.82, 2.24) is 20.1 Å². The Balaban J connectivity index is 1.59. The molecule has 3 rings (SSSR count). The van der Waals surface area contributed by atoms with Crippen LogP contribution in [0.2, 0.25) is 0 Å². The summed E-state index contributed by atoms with van der Waals surface area (Å²) in [6.07, 6.45) is 2.18. The van der Waals surface area contributed by atoms with Gasteiger partial charge in [0.15, 0.2) is 0 Å². The molecular weight excluding hydrogens is 244 g/mol. The van der Waals surface area contributed by atoms with Gasteiger partial charge in [-0.25, -0.2) is 9.67 Å². The van der Waals surface area contributed by atoms with Crippen LogP contribution in [-0.2, 0) is 19.5 Å². The summed E-state index contributed by atoms with van der Waals surface area (Å²) >= 11 is 1.87. The zero-order valence-corrected chi connectivity index (χ0v) is 11.6. The number of aryl methyl sites for hydroxylation is 3. The monoisotopic (exact) mass is 262 g/mol. The largest absolute Gasteiger partial charge is 0.307 e. The maximum Gasteiger partial charge on any atom is 0.147 e. The van der Waals surface area contributed by atoms with E-state index in [0.29, 0.717) is 6.04 Å². The number of hydrogen-bond acceptors (Lipinski definition) is 4. The van der Waals surface area contributed by atoms with Gasteiger partial charge in [-0.1, -0.05) is 0 Å². The van der Waals surface area contributed by atoms with E-state index in [4.69, 9.17) is 0 Å². The summed E-state index contributed by atoms with van der Waals surface area (Å²) in [6, 6.07) is 4.91. The molecule has 5 heteroatoms. The van der Waals surface area contributed by atoms with Gasteiger partial charge in [-0.3, -0.25) is 0 Å². The van der Waals surface area contributed by atoms with Crippen molar-refractivity contribution in [3.63, 3.8) is 0 Å². The molecule has 1 atom stereocenters. The van der Waals surface area contributed by atoms with Crippen LogP contribution in [0.3, 0.4) is 0 Å². The Morgan fingerprint density at radius 1 is 1.44 bits per heavy atom. The number of thiophene rings is 1. The first-order valence-electron chi connectivity index (χ1n) is 6.40. The maximum absolute atomic E-state index is 4.43. The van der Waals surface area contributed by atoms with Gasteiger partial charge in [0, 0.05) is 28.8 Å². The first-order valence-corrected chi connectivity index (χ1v) is 7.21. The summed E-state index contributed by atoms with van der Waals surface area (Å²) in [6.45, 7) is 6.02. The molecule has 0 saturated carbocycles. The van der Waals surface area contributed by atoms with Gasteiger partial charge in [0.25, 0.3) is 0 Å². The van der Waals surface area contributed by atoms with E-state index in [-0.39, 0.29) is 0 Å². The lowest BCUT2D eigenvalue weighted by atomic mass is 10.1. The summed E-state index contributed by atoms with van der Waals surface area (Å²) in [5.41, 5.74) is 0. The highest BCUT2D eigenvalue weighted by atomic mass is 32.1. The van der Waals surface area contributed by atoms with Crippen LogP contribution >= 0.6 is 11.3 Å². The van der Waals surface area contributed by atoms with Gasteiger partial charge in [-0.05, 0) is 32.4 Å². The molecule has 0 aromatic carbocycles. The van der Waals surface area contributed by atoms with Crippen LogP contribution in [0.1, 0.15) is 27.8 Å². The Kier molecular flexibility index (Phi) is 3.18. The van der Waals surface area contributed by atoms with Gasteiger partial charge in [-0.15, -0.1) is 11.3 Å². The predicted molar refractivity (Wildman–Crippen MR) is 72.8 cm³/mol. The van der Waals surface area contributed by atoms with Crippen molar-refractivity contribution >= 4 is 11.3 Å². The molecule has 0 bridgehead atoms. The number of fused-ring (bicyclic) bond motifs is 1. The van der Waals surface area contributed by atoms with E-state index >= 15 is 0 Å². The Bertz CT molecular complexity index is 543. The van der Waals surface area contributed by atoms with E-state index in [1.54, 1.807) is 0 Å². The molecule has 18 heavy (non-hydrogen) atoms. The van der Waals surface area contributed by atoms with E-state index in [9.17, 15) is 0 Å².